The summed E-state index contributed by atoms with van der Waals surface area (Å²) in [5.41, 5.74) is -0.270. The molecule has 64 valence electrons. The SMILES string of the molecule is C/C=C(F)\C=C(/C)C(C)(F)F. The Balaban J connectivity index is 4.48. The lowest BCUT2D eigenvalue weighted by Gasteiger charge is -2.09. The van der Waals surface area contributed by atoms with Crippen molar-refractivity contribution < 1.29 is 13.2 Å². The summed E-state index contributed by atoms with van der Waals surface area (Å²) in [4.78, 5) is 0. The van der Waals surface area contributed by atoms with Gasteiger partial charge in [-0.1, -0.05) is 6.08 Å². The van der Waals surface area contributed by atoms with Crippen LogP contribution in [0.2, 0.25) is 0 Å². The van der Waals surface area contributed by atoms with Crippen LogP contribution in [0.15, 0.2) is 23.6 Å². The standard InChI is InChI=1S/C8H11F3/c1-4-7(9)5-6(2)8(3,10)11/h4-5H,1-3H3/b6-5+,7-4+. The molecule has 0 amide bonds. The fourth-order valence-electron chi connectivity index (χ4n) is 0.417. The van der Waals surface area contributed by atoms with Gasteiger partial charge in [0, 0.05) is 6.92 Å². The van der Waals surface area contributed by atoms with Gasteiger partial charge in [0.25, 0.3) is 5.92 Å². The fraction of sp³-hybridized carbons (Fsp3) is 0.500. The average molecular weight is 164 g/mol. The van der Waals surface area contributed by atoms with Gasteiger partial charge in [0.15, 0.2) is 0 Å². The van der Waals surface area contributed by atoms with E-state index in [0.717, 1.165) is 19.1 Å². The van der Waals surface area contributed by atoms with Crippen LogP contribution < -0.4 is 0 Å². The Morgan fingerprint density at radius 2 is 1.82 bits per heavy atom. The fourth-order valence-corrected chi connectivity index (χ4v) is 0.417. The van der Waals surface area contributed by atoms with Crippen molar-refractivity contribution in [2.75, 3.05) is 0 Å². The summed E-state index contributed by atoms with van der Waals surface area (Å²) in [6.45, 7) is 3.39. The Hall–Kier alpha value is -0.730. The number of allylic oxidation sites excluding steroid dienone is 4. The Morgan fingerprint density at radius 3 is 2.09 bits per heavy atom. The molecule has 0 aromatic carbocycles. The molecule has 0 heterocycles. The van der Waals surface area contributed by atoms with Crippen LogP contribution >= 0.6 is 0 Å². The molecule has 0 saturated heterocycles. The molecule has 0 bridgehead atoms. The molecule has 0 unspecified atom stereocenters. The van der Waals surface area contributed by atoms with E-state index in [1.165, 1.54) is 13.8 Å². The van der Waals surface area contributed by atoms with Crippen LogP contribution in [-0.2, 0) is 0 Å². The minimum Gasteiger partial charge on any atom is -0.207 e. The maximum absolute atomic E-state index is 12.4. The molecule has 0 spiro atoms. The van der Waals surface area contributed by atoms with E-state index in [1.54, 1.807) is 0 Å². The third-order valence-corrected chi connectivity index (χ3v) is 1.32. The number of rotatable bonds is 2. The summed E-state index contributed by atoms with van der Waals surface area (Å²) >= 11 is 0. The number of alkyl halides is 2. The van der Waals surface area contributed by atoms with Crippen molar-refractivity contribution in [2.45, 2.75) is 26.7 Å². The van der Waals surface area contributed by atoms with Crippen molar-refractivity contribution in [3.8, 4) is 0 Å². The quantitative estimate of drug-likeness (QED) is 0.548. The minimum atomic E-state index is -2.93. The summed E-state index contributed by atoms with van der Waals surface area (Å²) in [5, 5.41) is 0. The predicted molar refractivity (Wildman–Crippen MR) is 39.2 cm³/mol. The third kappa shape index (κ3) is 3.86. The molecule has 0 aliphatic rings. The van der Waals surface area contributed by atoms with E-state index < -0.39 is 11.7 Å². The smallest absolute Gasteiger partial charge is 0.207 e. The molecule has 0 aliphatic carbocycles. The first-order valence-electron chi connectivity index (χ1n) is 3.26. The zero-order valence-electron chi connectivity index (χ0n) is 6.79. The van der Waals surface area contributed by atoms with Gasteiger partial charge in [-0.15, -0.1) is 0 Å². The molecule has 0 radical (unpaired) electrons. The van der Waals surface area contributed by atoms with Gasteiger partial charge in [0.1, 0.15) is 5.83 Å². The topological polar surface area (TPSA) is 0 Å². The van der Waals surface area contributed by atoms with Crippen molar-refractivity contribution in [1.82, 2.24) is 0 Å². The van der Waals surface area contributed by atoms with Gasteiger partial charge in [-0.3, -0.25) is 0 Å². The second kappa shape index (κ2) is 3.60. The Kier molecular flexibility index (Phi) is 3.36. The molecular weight excluding hydrogens is 153 g/mol. The summed E-state index contributed by atoms with van der Waals surface area (Å²) < 4.78 is 37.1. The molecular formula is C8H11F3. The van der Waals surface area contributed by atoms with E-state index >= 15 is 0 Å². The Bertz CT molecular complexity index is 184. The van der Waals surface area contributed by atoms with Gasteiger partial charge >= 0.3 is 0 Å². The lowest BCUT2D eigenvalue weighted by Crippen LogP contribution is -2.10. The molecule has 0 aliphatic heterocycles. The van der Waals surface area contributed by atoms with E-state index in [2.05, 4.69) is 0 Å². The van der Waals surface area contributed by atoms with E-state index in [9.17, 15) is 13.2 Å². The monoisotopic (exact) mass is 164 g/mol. The van der Waals surface area contributed by atoms with Gasteiger partial charge in [-0.25, -0.2) is 13.2 Å². The van der Waals surface area contributed by atoms with E-state index in [1.807, 2.05) is 0 Å². The van der Waals surface area contributed by atoms with Crippen molar-refractivity contribution in [3.63, 3.8) is 0 Å². The second-order valence-electron chi connectivity index (χ2n) is 2.39. The minimum absolute atomic E-state index is 0.270. The molecule has 3 heteroatoms. The first-order valence-corrected chi connectivity index (χ1v) is 3.26. The summed E-state index contributed by atoms with van der Waals surface area (Å²) in [6.07, 6.45) is 1.97. The van der Waals surface area contributed by atoms with Gasteiger partial charge in [0.05, 0.1) is 0 Å². The van der Waals surface area contributed by atoms with Crippen LogP contribution in [0.5, 0.6) is 0 Å². The van der Waals surface area contributed by atoms with Gasteiger partial charge in [0.2, 0.25) is 0 Å². The van der Waals surface area contributed by atoms with Gasteiger partial charge < -0.3 is 0 Å². The largest absolute Gasteiger partial charge is 0.266 e. The van der Waals surface area contributed by atoms with Crippen LogP contribution in [0.1, 0.15) is 20.8 Å². The molecule has 0 saturated carbocycles. The molecule has 0 nitrogen and oxygen atoms in total. The van der Waals surface area contributed by atoms with Crippen LogP contribution in [0.4, 0.5) is 13.2 Å². The molecule has 11 heavy (non-hydrogen) atoms. The van der Waals surface area contributed by atoms with Crippen LogP contribution in [0, 0.1) is 0 Å². The van der Waals surface area contributed by atoms with Crippen LogP contribution in [0.25, 0.3) is 0 Å². The lowest BCUT2D eigenvalue weighted by molar-refractivity contribution is 0.0633. The summed E-state index contributed by atoms with van der Waals surface area (Å²) in [6, 6.07) is 0. The highest BCUT2D eigenvalue weighted by molar-refractivity contribution is 5.20. The maximum Gasteiger partial charge on any atom is 0.266 e. The van der Waals surface area contributed by atoms with E-state index in [-0.39, 0.29) is 5.57 Å². The highest BCUT2D eigenvalue weighted by atomic mass is 19.3. The summed E-state index contributed by atoms with van der Waals surface area (Å²) in [7, 11) is 0. The van der Waals surface area contributed by atoms with Crippen molar-refractivity contribution in [1.29, 1.82) is 0 Å². The van der Waals surface area contributed by atoms with Gasteiger partial charge in [-0.2, -0.15) is 0 Å². The highest BCUT2D eigenvalue weighted by Crippen LogP contribution is 2.23. The third-order valence-electron chi connectivity index (χ3n) is 1.32. The average Bonchev–Trinajstić information content (AvgIpc) is 1.85. The Labute approximate surface area is 64.4 Å². The summed E-state index contributed by atoms with van der Waals surface area (Å²) in [5.74, 6) is -3.57. The Morgan fingerprint density at radius 1 is 1.36 bits per heavy atom. The zero-order valence-corrected chi connectivity index (χ0v) is 6.79. The van der Waals surface area contributed by atoms with E-state index in [4.69, 9.17) is 0 Å². The first-order chi connectivity index (χ1) is 4.88. The second-order valence-corrected chi connectivity index (χ2v) is 2.39. The van der Waals surface area contributed by atoms with E-state index in [0.29, 0.717) is 0 Å². The molecule has 0 atom stereocenters. The lowest BCUT2D eigenvalue weighted by atomic mass is 10.1. The molecule has 0 N–H and O–H groups in total. The maximum atomic E-state index is 12.4. The number of hydrogen-bond donors (Lipinski definition) is 0. The normalized spacial score (nSPS) is 15.5. The van der Waals surface area contributed by atoms with Crippen LogP contribution in [-0.4, -0.2) is 5.92 Å². The van der Waals surface area contributed by atoms with Crippen LogP contribution in [0.3, 0.4) is 0 Å². The van der Waals surface area contributed by atoms with Crippen molar-refractivity contribution >= 4 is 0 Å². The number of hydrogen-bond acceptors (Lipinski definition) is 0. The molecule has 0 aromatic heterocycles. The zero-order chi connectivity index (χ0) is 9.07. The molecule has 0 rings (SSSR count). The predicted octanol–water partition coefficient (Wildman–Crippen LogP) is 3.46. The van der Waals surface area contributed by atoms with Gasteiger partial charge in [-0.05, 0) is 25.5 Å². The number of halogens is 3. The van der Waals surface area contributed by atoms with Crippen molar-refractivity contribution in [2.24, 2.45) is 0 Å². The molecule has 0 aromatic rings. The first kappa shape index (κ1) is 10.3. The van der Waals surface area contributed by atoms with Crippen molar-refractivity contribution in [3.05, 3.63) is 23.6 Å². The highest BCUT2D eigenvalue weighted by Gasteiger charge is 2.23. The molecule has 0 fully saturated rings.